The lowest BCUT2D eigenvalue weighted by molar-refractivity contribution is 0.0807. The summed E-state index contributed by atoms with van der Waals surface area (Å²) in [6.07, 6.45) is 0.173. The first-order chi connectivity index (χ1) is 5.75. The Bertz CT molecular complexity index is 237. The minimum absolute atomic E-state index is 0.173. The zero-order valence-corrected chi connectivity index (χ0v) is 10.1. The summed E-state index contributed by atoms with van der Waals surface area (Å²) >= 11 is 9.27. The topological polar surface area (TPSA) is 9.23 Å². The second-order valence-electron chi connectivity index (χ2n) is 2.37. The van der Waals surface area contributed by atoms with E-state index in [-0.39, 0.29) is 6.10 Å². The smallest absolute Gasteiger partial charge is 0.0900 e. The maximum Gasteiger partial charge on any atom is 0.0900 e. The molecule has 4 heteroatoms. The SMILES string of the molecule is CC(OCCS)c1sccc1Br. The van der Waals surface area contributed by atoms with Crippen molar-refractivity contribution in [2.75, 3.05) is 12.4 Å². The third-order valence-corrected chi connectivity index (χ3v) is 3.69. The van der Waals surface area contributed by atoms with Crippen LogP contribution in [0.4, 0.5) is 0 Å². The molecule has 0 aromatic carbocycles. The number of rotatable bonds is 4. The van der Waals surface area contributed by atoms with Gasteiger partial charge in [-0.1, -0.05) is 0 Å². The van der Waals surface area contributed by atoms with Crippen molar-refractivity contribution in [2.45, 2.75) is 13.0 Å². The van der Waals surface area contributed by atoms with Gasteiger partial charge in [0.2, 0.25) is 0 Å². The Morgan fingerprint density at radius 2 is 2.50 bits per heavy atom. The Balaban J connectivity index is 2.52. The molecule has 0 aliphatic carbocycles. The molecular weight excluding hydrogens is 256 g/mol. The van der Waals surface area contributed by atoms with Crippen LogP contribution in [0.5, 0.6) is 0 Å². The van der Waals surface area contributed by atoms with Gasteiger partial charge >= 0.3 is 0 Å². The normalized spacial score (nSPS) is 13.2. The van der Waals surface area contributed by atoms with Crippen molar-refractivity contribution in [1.82, 2.24) is 0 Å². The monoisotopic (exact) mass is 266 g/mol. The summed E-state index contributed by atoms with van der Waals surface area (Å²) in [4.78, 5) is 1.25. The van der Waals surface area contributed by atoms with Crippen molar-refractivity contribution in [3.05, 3.63) is 20.8 Å². The van der Waals surface area contributed by atoms with E-state index in [1.807, 2.05) is 6.07 Å². The second-order valence-corrected chi connectivity index (χ2v) is 4.62. The highest BCUT2D eigenvalue weighted by atomic mass is 79.9. The lowest BCUT2D eigenvalue weighted by Gasteiger charge is -2.10. The van der Waals surface area contributed by atoms with Crippen molar-refractivity contribution < 1.29 is 4.74 Å². The fraction of sp³-hybridized carbons (Fsp3) is 0.500. The van der Waals surface area contributed by atoms with Gasteiger partial charge in [-0.25, -0.2) is 0 Å². The van der Waals surface area contributed by atoms with Crippen LogP contribution in [0, 0.1) is 0 Å². The highest BCUT2D eigenvalue weighted by Crippen LogP contribution is 2.30. The third kappa shape index (κ3) is 2.76. The van der Waals surface area contributed by atoms with Gasteiger partial charge in [-0.3, -0.25) is 0 Å². The van der Waals surface area contributed by atoms with E-state index in [2.05, 4.69) is 40.9 Å². The summed E-state index contributed by atoms with van der Waals surface area (Å²) in [7, 11) is 0. The molecule has 1 heterocycles. The summed E-state index contributed by atoms with van der Waals surface area (Å²) in [5.74, 6) is 0.771. The van der Waals surface area contributed by atoms with Crippen molar-refractivity contribution in [2.24, 2.45) is 0 Å². The molecule has 0 bridgehead atoms. The fourth-order valence-corrected chi connectivity index (χ4v) is 2.71. The molecule has 0 radical (unpaired) electrons. The van der Waals surface area contributed by atoms with E-state index in [4.69, 9.17) is 4.74 Å². The van der Waals surface area contributed by atoms with E-state index >= 15 is 0 Å². The molecule has 0 aliphatic rings. The van der Waals surface area contributed by atoms with E-state index in [0.29, 0.717) is 6.61 Å². The molecule has 1 atom stereocenters. The molecule has 0 N–H and O–H groups in total. The van der Waals surface area contributed by atoms with E-state index < -0.39 is 0 Å². The fourth-order valence-electron chi connectivity index (χ4n) is 0.901. The molecule has 12 heavy (non-hydrogen) atoms. The van der Waals surface area contributed by atoms with Gasteiger partial charge in [-0.05, 0) is 34.3 Å². The van der Waals surface area contributed by atoms with Gasteiger partial charge in [-0.15, -0.1) is 11.3 Å². The lowest BCUT2D eigenvalue weighted by atomic mass is 10.3. The third-order valence-electron chi connectivity index (χ3n) is 1.47. The summed E-state index contributed by atoms with van der Waals surface area (Å²) in [6.45, 7) is 2.76. The molecular formula is C8H11BrOS2. The van der Waals surface area contributed by atoms with E-state index in [1.165, 1.54) is 4.88 Å². The van der Waals surface area contributed by atoms with Crippen molar-refractivity contribution >= 4 is 39.9 Å². The van der Waals surface area contributed by atoms with Crippen LogP contribution in [0.25, 0.3) is 0 Å². The Morgan fingerprint density at radius 1 is 1.75 bits per heavy atom. The quantitative estimate of drug-likeness (QED) is 0.821. The number of thiol groups is 1. The van der Waals surface area contributed by atoms with Gasteiger partial charge in [0.1, 0.15) is 0 Å². The molecule has 1 unspecified atom stereocenters. The molecule has 0 fully saturated rings. The highest BCUT2D eigenvalue weighted by Gasteiger charge is 2.10. The maximum absolute atomic E-state index is 5.52. The molecule has 1 nitrogen and oxygen atoms in total. The highest BCUT2D eigenvalue weighted by molar-refractivity contribution is 9.10. The first-order valence-corrected chi connectivity index (χ1v) is 6.01. The molecule has 0 spiro atoms. The predicted molar refractivity (Wildman–Crippen MR) is 60.2 cm³/mol. The van der Waals surface area contributed by atoms with Gasteiger partial charge in [-0.2, -0.15) is 12.6 Å². The average Bonchev–Trinajstić information content (AvgIpc) is 2.47. The Morgan fingerprint density at radius 3 is 3.00 bits per heavy atom. The van der Waals surface area contributed by atoms with E-state index in [0.717, 1.165) is 10.2 Å². The lowest BCUT2D eigenvalue weighted by Crippen LogP contribution is -2.00. The minimum atomic E-state index is 0.173. The van der Waals surface area contributed by atoms with Crippen LogP contribution in [0.15, 0.2) is 15.9 Å². The van der Waals surface area contributed by atoms with Gasteiger partial charge in [0.05, 0.1) is 12.7 Å². The second kappa shape index (κ2) is 5.27. The van der Waals surface area contributed by atoms with Crippen LogP contribution >= 0.6 is 39.9 Å². The minimum Gasteiger partial charge on any atom is -0.372 e. The van der Waals surface area contributed by atoms with Crippen LogP contribution in [-0.2, 0) is 4.74 Å². The van der Waals surface area contributed by atoms with Crippen LogP contribution in [0.2, 0.25) is 0 Å². The maximum atomic E-state index is 5.52. The number of thiophene rings is 1. The molecule has 1 aromatic heterocycles. The van der Waals surface area contributed by atoms with Crippen molar-refractivity contribution in [3.63, 3.8) is 0 Å². The summed E-state index contributed by atoms with van der Waals surface area (Å²) in [6, 6.07) is 2.04. The summed E-state index contributed by atoms with van der Waals surface area (Å²) < 4.78 is 6.66. The van der Waals surface area contributed by atoms with Crippen LogP contribution < -0.4 is 0 Å². The molecule has 0 saturated heterocycles. The van der Waals surface area contributed by atoms with E-state index in [1.54, 1.807) is 11.3 Å². The molecule has 0 aliphatic heterocycles. The van der Waals surface area contributed by atoms with Gasteiger partial charge in [0.15, 0.2) is 0 Å². The van der Waals surface area contributed by atoms with Crippen molar-refractivity contribution in [1.29, 1.82) is 0 Å². The van der Waals surface area contributed by atoms with Gasteiger partial charge in [0.25, 0.3) is 0 Å². The number of hydrogen-bond donors (Lipinski definition) is 1. The number of halogens is 1. The van der Waals surface area contributed by atoms with Crippen LogP contribution in [-0.4, -0.2) is 12.4 Å². The Kier molecular flexibility index (Phi) is 4.64. The van der Waals surface area contributed by atoms with Crippen LogP contribution in [0.1, 0.15) is 17.9 Å². The first kappa shape index (κ1) is 10.6. The molecule has 1 rings (SSSR count). The molecule has 68 valence electrons. The summed E-state index contributed by atoms with van der Waals surface area (Å²) in [5, 5.41) is 2.06. The molecule has 0 amide bonds. The summed E-state index contributed by atoms with van der Waals surface area (Å²) in [5.41, 5.74) is 0. The zero-order chi connectivity index (χ0) is 8.97. The molecule has 0 saturated carbocycles. The number of ether oxygens (including phenoxy) is 1. The standard InChI is InChI=1S/C8H11BrOS2/c1-6(10-3-4-11)8-7(9)2-5-12-8/h2,5-6,11H,3-4H2,1H3. The number of hydrogen-bond acceptors (Lipinski definition) is 3. The predicted octanol–water partition coefficient (Wildman–Crippen LogP) is 3.52. The van der Waals surface area contributed by atoms with Crippen LogP contribution in [0.3, 0.4) is 0 Å². The average molecular weight is 267 g/mol. The Hall–Kier alpha value is 0.490. The zero-order valence-electron chi connectivity index (χ0n) is 6.79. The first-order valence-electron chi connectivity index (χ1n) is 3.71. The Labute approximate surface area is 90.7 Å². The van der Waals surface area contributed by atoms with E-state index in [9.17, 15) is 0 Å². The van der Waals surface area contributed by atoms with Crippen molar-refractivity contribution in [3.8, 4) is 0 Å². The van der Waals surface area contributed by atoms with Gasteiger partial charge < -0.3 is 4.74 Å². The van der Waals surface area contributed by atoms with Gasteiger partial charge in [0, 0.05) is 15.1 Å². The molecule has 1 aromatic rings. The largest absolute Gasteiger partial charge is 0.372 e.